The third kappa shape index (κ3) is 5.94. The summed E-state index contributed by atoms with van der Waals surface area (Å²) in [7, 11) is 1.65. The minimum absolute atomic E-state index is 0. The number of methoxy groups -OCH3 is 1. The average Bonchev–Trinajstić information content (AvgIpc) is 2.45. The van der Waals surface area contributed by atoms with Gasteiger partial charge in [0, 0.05) is 12.0 Å². The van der Waals surface area contributed by atoms with E-state index in [1.54, 1.807) is 7.11 Å². The lowest BCUT2D eigenvalue weighted by Crippen LogP contribution is -2.45. The third-order valence-electron chi connectivity index (χ3n) is 3.51. The summed E-state index contributed by atoms with van der Waals surface area (Å²) in [6.07, 6.45) is 1.63. The summed E-state index contributed by atoms with van der Waals surface area (Å²) in [4.78, 5) is 11.9. The summed E-state index contributed by atoms with van der Waals surface area (Å²) in [6.45, 7) is 6.78. The minimum Gasteiger partial charge on any atom is -0.497 e. The fourth-order valence-electron chi connectivity index (χ4n) is 2.03. The zero-order valence-electron chi connectivity index (χ0n) is 13.3. The van der Waals surface area contributed by atoms with Gasteiger partial charge in [0.1, 0.15) is 5.75 Å². The van der Waals surface area contributed by atoms with Crippen molar-refractivity contribution in [1.29, 1.82) is 0 Å². The van der Waals surface area contributed by atoms with Crippen LogP contribution in [-0.2, 0) is 10.2 Å². The zero-order chi connectivity index (χ0) is 15.2. The lowest BCUT2D eigenvalue weighted by atomic mass is 9.84. The molecule has 1 aromatic carbocycles. The standard InChI is InChI=1S/C16H26N2O2.ClH/c1-5-6-14(17)15(19)18-11-16(2,3)12-7-9-13(20-4)10-8-12;/h7-10,14H,5-6,11,17H2,1-4H3,(H,18,19);1H. The van der Waals surface area contributed by atoms with Gasteiger partial charge in [-0.15, -0.1) is 12.4 Å². The van der Waals surface area contributed by atoms with E-state index in [9.17, 15) is 4.79 Å². The Bertz CT molecular complexity index is 432. The van der Waals surface area contributed by atoms with Crippen molar-refractivity contribution in [2.75, 3.05) is 13.7 Å². The largest absolute Gasteiger partial charge is 0.497 e. The number of nitrogens with two attached hydrogens (primary N) is 1. The molecule has 120 valence electrons. The molecule has 1 aromatic rings. The molecule has 0 heterocycles. The molecule has 3 N–H and O–H groups in total. The summed E-state index contributed by atoms with van der Waals surface area (Å²) >= 11 is 0. The maximum absolute atomic E-state index is 11.9. The van der Waals surface area contributed by atoms with Crippen molar-refractivity contribution in [2.45, 2.75) is 45.1 Å². The van der Waals surface area contributed by atoms with Crippen LogP contribution in [0.1, 0.15) is 39.2 Å². The van der Waals surface area contributed by atoms with Gasteiger partial charge in [0.25, 0.3) is 0 Å². The number of rotatable bonds is 7. The number of carbonyl (C=O) groups excluding carboxylic acids is 1. The van der Waals surface area contributed by atoms with Crippen molar-refractivity contribution in [3.63, 3.8) is 0 Å². The maximum Gasteiger partial charge on any atom is 0.236 e. The Morgan fingerprint density at radius 2 is 1.90 bits per heavy atom. The maximum atomic E-state index is 11.9. The highest BCUT2D eigenvalue weighted by atomic mass is 35.5. The van der Waals surface area contributed by atoms with E-state index in [4.69, 9.17) is 10.5 Å². The molecule has 0 aliphatic carbocycles. The molecule has 21 heavy (non-hydrogen) atoms. The van der Waals surface area contributed by atoms with Crippen LogP contribution in [0.5, 0.6) is 5.75 Å². The molecule has 1 amide bonds. The van der Waals surface area contributed by atoms with Gasteiger partial charge >= 0.3 is 0 Å². The van der Waals surface area contributed by atoms with Gasteiger partial charge in [-0.3, -0.25) is 4.79 Å². The molecule has 4 nitrogen and oxygen atoms in total. The molecule has 0 aliphatic rings. The van der Waals surface area contributed by atoms with E-state index in [0.717, 1.165) is 24.2 Å². The van der Waals surface area contributed by atoms with Gasteiger partial charge in [-0.05, 0) is 24.1 Å². The second-order valence-corrected chi connectivity index (χ2v) is 5.73. The SMILES string of the molecule is CCCC(N)C(=O)NCC(C)(C)c1ccc(OC)cc1.Cl. The summed E-state index contributed by atoms with van der Waals surface area (Å²) in [5.74, 6) is 0.756. The monoisotopic (exact) mass is 314 g/mol. The number of nitrogens with one attached hydrogen (secondary N) is 1. The lowest BCUT2D eigenvalue weighted by Gasteiger charge is -2.26. The molecule has 1 atom stereocenters. The fraction of sp³-hybridized carbons (Fsp3) is 0.562. The number of hydrogen-bond donors (Lipinski definition) is 2. The summed E-state index contributed by atoms with van der Waals surface area (Å²) in [5.41, 5.74) is 6.82. The molecule has 1 unspecified atom stereocenters. The van der Waals surface area contributed by atoms with Crippen molar-refractivity contribution in [1.82, 2.24) is 5.32 Å². The molecule has 0 bridgehead atoms. The van der Waals surface area contributed by atoms with E-state index in [1.165, 1.54) is 0 Å². The third-order valence-corrected chi connectivity index (χ3v) is 3.51. The molecule has 0 aliphatic heterocycles. The van der Waals surface area contributed by atoms with Crippen LogP contribution < -0.4 is 15.8 Å². The van der Waals surface area contributed by atoms with E-state index >= 15 is 0 Å². The first-order chi connectivity index (χ1) is 9.40. The normalized spacial score (nSPS) is 12.2. The highest BCUT2D eigenvalue weighted by molar-refractivity contribution is 5.85. The van der Waals surface area contributed by atoms with Crippen LogP contribution >= 0.6 is 12.4 Å². The van der Waals surface area contributed by atoms with Gasteiger partial charge in [-0.1, -0.05) is 39.3 Å². The molecule has 0 aromatic heterocycles. The predicted molar refractivity (Wildman–Crippen MR) is 89.2 cm³/mol. The molecule has 0 fully saturated rings. The Morgan fingerprint density at radius 1 is 1.33 bits per heavy atom. The van der Waals surface area contributed by atoms with Crippen LogP contribution in [0.25, 0.3) is 0 Å². The number of ether oxygens (including phenoxy) is 1. The van der Waals surface area contributed by atoms with Crippen LogP contribution in [0.3, 0.4) is 0 Å². The van der Waals surface area contributed by atoms with Crippen molar-refractivity contribution in [3.8, 4) is 5.75 Å². The highest BCUT2D eigenvalue weighted by Crippen LogP contribution is 2.24. The van der Waals surface area contributed by atoms with Gasteiger partial charge in [-0.25, -0.2) is 0 Å². The van der Waals surface area contributed by atoms with Crippen molar-refractivity contribution in [2.24, 2.45) is 5.73 Å². The first kappa shape index (κ1) is 19.7. The molecule has 1 rings (SSSR count). The molecular formula is C16H27ClN2O2. The predicted octanol–water partition coefficient (Wildman–Crippen LogP) is 2.64. The van der Waals surface area contributed by atoms with Crippen LogP contribution in [0, 0.1) is 0 Å². The zero-order valence-corrected chi connectivity index (χ0v) is 14.1. The number of amides is 1. The highest BCUT2D eigenvalue weighted by Gasteiger charge is 2.22. The second-order valence-electron chi connectivity index (χ2n) is 5.73. The topological polar surface area (TPSA) is 64.4 Å². The van der Waals surface area contributed by atoms with Gasteiger partial charge < -0.3 is 15.8 Å². The number of hydrogen-bond acceptors (Lipinski definition) is 3. The van der Waals surface area contributed by atoms with Gasteiger partial charge in [0.05, 0.1) is 13.2 Å². The Balaban J connectivity index is 0.00000400. The van der Waals surface area contributed by atoms with Crippen molar-refractivity contribution < 1.29 is 9.53 Å². The second kappa shape index (κ2) is 8.90. The van der Waals surface area contributed by atoms with E-state index < -0.39 is 6.04 Å². The lowest BCUT2D eigenvalue weighted by molar-refractivity contribution is -0.122. The van der Waals surface area contributed by atoms with Gasteiger partial charge in [0.15, 0.2) is 0 Å². The fourth-order valence-corrected chi connectivity index (χ4v) is 2.03. The van der Waals surface area contributed by atoms with Crippen LogP contribution in [0.15, 0.2) is 24.3 Å². The molecule has 0 saturated carbocycles. The van der Waals surface area contributed by atoms with Crippen LogP contribution in [0.4, 0.5) is 0 Å². The smallest absolute Gasteiger partial charge is 0.236 e. The Hall–Kier alpha value is -1.26. The molecule has 5 heteroatoms. The first-order valence-corrected chi connectivity index (χ1v) is 7.08. The average molecular weight is 315 g/mol. The van der Waals surface area contributed by atoms with E-state index in [0.29, 0.717) is 6.54 Å². The molecule has 0 radical (unpaired) electrons. The number of carbonyl (C=O) groups is 1. The molecule has 0 spiro atoms. The summed E-state index contributed by atoms with van der Waals surface area (Å²) in [6, 6.07) is 7.50. The Labute approximate surface area is 133 Å². The molecular weight excluding hydrogens is 288 g/mol. The van der Waals surface area contributed by atoms with E-state index in [1.807, 2.05) is 31.2 Å². The number of halogens is 1. The quantitative estimate of drug-likeness (QED) is 0.813. The Morgan fingerprint density at radius 3 is 2.38 bits per heavy atom. The van der Waals surface area contributed by atoms with E-state index in [2.05, 4.69) is 19.2 Å². The van der Waals surface area contributed by atoms with Crippen LogP contribution in [-0.4, -0.2) is 25.6 Å². The van der Waals surface area contributed by atoms with Crippen LogP contribution in [0.2, 0.25) is 0 Å². The summed E-state index contributed by atoms with van der Waals surface area (Å²) < 4.78 is 5.15. The van der Waals surface area contributed by atoms with Crippen molar-refractivity contribution in [3.05, 3.63) is 29.8 Å². The van der Waals surface area contributed by atoms with Gasteiger partial charge in [-0.2, -0.15) is 0 Å². The minimum atomic E-state index is -0.410. The van der Waals surface area contributed by atoms with E-state index in [-0.39, 0.29) is 23.7 Å². The molecule has 0 saturated heterocycles. The Kier molecular flexibility index (Phi) is 8.37. The van der Waals surface area contributed by atoms with Crippen molar-refractivity contribution >= 4 is 18.3 Å². The van der Waals surface area contributed by atoms with Gasteiger partial charge in [0.2, 0.25) is 5.91 Å². The summed E-state index contributed by atoms with van der Waals surface area (Å²) in [5, 5.41) is 2.94. The first-order valence-electron chi connectivity index (χ1n) is 7.08. The number of benzene rings is 1.